The van der Waals surface area contributed by atoms with Crippen LogP contribution in [0, 0.1) is 6.92 Å². The number of carbonyl (C=O) groups is 3. The summed E-state index contributed by atoms with van der Waals surface area (Å²) in [7, 11) is 0. The highest BCUT2D eigenvalue weighted by atomic mass is 32.1. The number of ketones is 1. The second kappa shape index (κ2) is 9.28. The van der Waals surface area contributed by atoms with Gasteiger partial charge in [-0.1, -0.05) is 36.1 Å². The van der Waals surface area contributed by atoms with Gasteiger partial charge in [0.25, 0.3) is 5.78 Å². The fourth-order valence-electron chi connectivity index (χ4n) is 3.54. The first kappa shape index (κ1) is 22.9. The minimum absolute atomic E-state index is 0.00724. The Morgan fingerprint density at radius 1 is 1.21 bits per heavy atom. The molecule has 1 aromatic carbocycles. The molecule has 0 bridgehead atoms. The molecule has 1 unspecified atom stereocenters. The molecule has 0 radical (unpaired) electrons. The predicted molar refractivity (Wildman–Crippen MR) is 124 cm³/mol. The first-order valence-electron chi connectivity index (χ1n) is 10.1. The molecule has 9 nitrogen and oxygen atoms in total. The van der Waals surface area contributed by atoms with Crippen molar-refractivity contribution < 1.29 is 29.3 Å². The van der Waals surface area contributed by atoms with E-state index in [1.807, 2.05) is 0 Å². The summed E-state index contributed by atoms with van der Waals surface area (Å²) in [6, 6.07) is 7.88. The standard InChI is InChI=1S/C24H19N3O6S/c1-3-12-33-23(32)21-13(2)26-24(34-21)27-18(14-4-6-16(28)7-5-14)17(20(30)22(27)31)19(29)15-8-10-25-11-9-15/h3-11,18,28-29H,1,12H2,2H3/b19-17+. The number of esters is 1. The average molecular weight is 477 g/mol. The van der Waals surface area contributed by atoms with Crippen molar-refractivity contribution in [1.82, 2.24) is 9.97 Å². The highest BCUT2D eigenvalue weighted by molar-refractivity contribution is 7.17. The molecule has 1 atom stereocenters. The normalized spacial score (nSPS) is 17.1. The maximum Gasteiger partial charge on any atom is 0.350 e. The number of aromatic nitrogens is 2. The van der Waals surface area contributed by atoms with Gasteiger partial charge in [-0.25, -0.2) is 9.78 Å². The van der Waals surface area contributed by atoms with E-state index in [4.69, 9.17) is 4.74 Å². The van der Waals surface area contributed by atoms with Crippen LogP contribution in [0.5, 0.6) is 5.75 Å². The van der Waals surface area contributed by atoms with Crippen LogP contribution >= 0.6 is 11.3 Å². The molecular weight excluding hydrogens is 458 g/mol. The zero-order valence-corrected chi connectivity index (χ0v) is 18.8. The smallest absolute Gasteiger partial charge is 0.350 e. The monoisotopic (exact) mass is 477 g/mol. The van der Waals surface area contributed by atoms with Crippen molar-refractivity contribution in [3.63, 3.8) is 0 Å². The van der Waals surface area contributed by atoms with Crippen molar-refractivity contribution in [3.8, 4) is 5.75 Å². The number of ether oxygens (including phenoxy) is 1. The fourth-order valence-corrected chi connectivity index (χ4v) is 4.53. The molecule has 4 rings (SSSR count). The van der Waals surface area contributed by atoms with Crippen LogP contribution < -0.4 is 4.90 Å². The number of nitrogens with zero attached hydrogens (tertiary/aromatic N) is 3. The van der Waals surface area contributed by atoms with Crippen LogP contribution in [0.15, 0.2) is 67.0 Å². The summed E-state index contributed by atoms with van der Waals surface area (Å²) < 4.78 is 5.08. The molecular formula is C24H19N3O6S. The molecule has 10 heteroatoms. The lowest BCUT2D eigenvalue weighted by Gasteiger charge is -2.23. The molecule has 34 heavy (non-hydrogen) atoms. The Bertz CT molecular complexity index is 1310. The molecule has 0 spiro atoms. The number of Topliss-reactive ketones (excluding diaryl/α,β-unsaturated/α-hetero) is 1. The number of carbonyl (C=O) groups excluding carboxylic acids is 3. The molecule has 3 heterocycles. The van der Waals surface area contributed by atoms with E-state index in [1.165, 1.54) is 42.7 Å². The number of benzene rings is 1. The van der Waals surface area contributed by atoms with E-state index >= 15 is 0 Å². The number of thiazole rings is 1. The number of aromatic hydroxyl groups is 1. The lowest BCUT2D eigenvalue weighted by atomic mass is 9.95. The fraction of sp³-hybridized carbons (Fsp3) is 0.125. The van der Waals surface area contributed by atoms with Gasteiger partial charge in [0.1, 0.15) is 23.0 Å². The van der Waals surface area contributed by atoms with E-state index in [1.54, 1.807) is 19.1 Å². The van der Waals surface area contributed by atoms with Crippen molar-refractivity contribution in [2.24, 2.45) is 0 Å². The Kier molecular flexibility index (Phi) is 6.24. The number of phenols is 1. The number of rotatable bonds is 6. The minimum atomic E-state index is -1.05. The molecule has 1 amide bonds. The van der Waals surface area contributed by atoms with E-state index in [9.17, 15) is 24.6 Å². The summed E-state index contributed by atoms with van der Waals surface area (Å²) in [5.74, 6) is -2.83. The van der Waals surface area contributed by atoms with Crippen LogP contribution in [-0.4, -0.2) is 44.4 Å². The van der Waals surface area contributed by atoms with Crippen molar-refractivity contribution in [2.75, 3.05) is 11.5 Å². The largest absolute Gasteiger partial charge is 0.508 e. The van der Waals surface area contributed by atoms with E-state index in [0.717, 1.165) is 16.2 Å². The lowest BCUT2D eigenvalue weighted by molar-refractivity contribution is -0.132. The summed E-state index contributed by atoms with van der Waals surface area (Å²) in [5, 5.41) is 20.8. The lowest BCUT2D eigenvalue weighted by Crippen LogP contribution is -2.29. The first-order valence-corrected chi connectivity index (χ1v) is 10.9. The van der Waals surface area contributed by atoms with Gasteiger partial charge in [0.2, 0.25) is 0 Å². The highest BCUT2D eigenvalue weighted by Gasteiger charge is 2.48. The molecule has 3 aromatic rings. The number of amides is 1. The van der Waals surface area contributed by atoms with Gasteiger partial charge in [0.15, 0.2) is 5.13 Å². The number of hydrogen-bond donors (Lipinski definition) is 2. The second-order valence-corrected chi connectivity index (χ2v) is 8.27. The molecule has 2 aromatic heterocycles. The van der Waals surface area contributed by atoms with Crippen LogP contribution in [0.2, 0.25) is 0 Å². The summed E-state index contributed by atoms with van der Waals surface area (Å²) in [6.45, 7) is 5.10. The third-order valence-electron chi connectivity index (χ3n) is 5.12. The van der Waals surface area contributed by atoms with Gasteiger partial charge < -0.3 is 14.9 Å². The third kappa shape index (κ3) is 4.06. The topological polar surface area (TPSA) is 130 Å². The van der Waals surface area contributed by atoms with E-state index in [0.29, 0.717) is 16.8 Å². The van der Waals surface area contributed by atoms with Gasteiger partial charge in [-0.05, 0) is 36.8 Å². The maximum atomic E-state index is 13.2. The average Bonchev–Trinajstić information content (AvgIpc) is 3.35. The maximum absolute atomic E-state index is 13.2. The molecule has 0 aliphatic carbocycles. The number of anilines is 1. The molecule has 172 valence electrons. The molecule has 1 aliphatic rings. The van der Waals surface area contributed by atoms with Crippen molar-refractivity contribution in [3.05, 3.63) is 88.7 Å². The Morgan fingerprint density at radius 3 is 2.53 bits per heavy atom. The van der Waals surface area contributed by atoms with E-state index < -0.39 is 23.7 Å². The number of aliphatic hydroxyl groups is 1. The minimum Gasteiger partial charge on any atom is -0.508 e. The van der Waals surface area contributed by atoms with E-state index in [-0.39, 0.29) is 33.7 Å². The van der Waals surface area contributed by atoms with Gasteiger partial charge in [0.05, 0.1) is 17.3 Å². The predicted octanol–water partition coefficient (Wildman–Crippen LogP) is 3.52. The summed E-state index contributed by atoms with van der Waals surface area (Å²) in [5.41, 5.74) is 0.942. The van der Waals surface area contributed by atoms with Crippen LogP contribution in [-0.2, 0) is 14.3 Å². The van der Waals surface area contributed by atoms with Crippen LogP contribution in [0.25, 0.3) is 5.76 Å². The molecule has 2 N–H and O–H groups in total. The Labute approximate surface area is 198 Å². The molecule has 1 fully saturated rings. The Morgan fingerprint density at radius 2 is 1.88 bits per heavy atom. The number of pyridine rings is 1. The number of aryl methyl sites for hydroxylation is 1. The van der Waals surface area contributed by atoms with E-state index in [2.05, 4.69) is 16.5 Å². The molecule has 1 aliphatic heterocycles. The first-order chi connectivity index (χ1) is 16.3. The molecule has 1 saturated heterocycles. The van der Waals surface area contributed by atoms with Gasteiger partial charge in [0, 0.05) is 18.0 Å². The number of phenolic OH excluding ortho intramolecular Hbond substituents is 1. The zero-order valence-electron chi connectivity index (χ0n) is 18.0. The quantitative estimate of drug-likeness (QED) is 0.181. The highest BCUT2D eigenvalue weighted by Crippen LogP contribution is 2.44. The van der Waals surface area contributed by atoms with Gasteiger partial charge in [-0.2, -0.15) is 0 Å². The van der Waals surface area contributed by atoms with Gasteiger partial charge >= 0.3 is 11.9 Å². The van der Waals surface area contributed by atoms with Crippen molar-refractivity contribution in [2.45, 2.75) is 13.0 Å². The second-order valence-electron chi connectivity index (χ2n) is 7.29. The summed E-state index contributed by atoms with van der Waals surface area (Å²) in [4.78, 5) is 48.3. The van der Waals surface area contributed by atoms with Crippen LogP contribution in [0.3, 0.4) is 0 Å². The Balaban J connectivity index is 1.88. The number of hydrogen-bond acceptors (Lipinski definition) is 9. The van der Waals surface area contributed by atoms with Gasteiger partial charge in [-0.15, -0.1) is 0 Å². The van der Waals surface area contributed by atoms with Gasteiger partial charge in [-0.3, -0.25) is 19.5 Å². The Hall–Kier alpha value is -4.31. The third-order valence-corrected chi connectivity index (χ3v) is 6.25. The van der Waals surface area contributed by atoms with Crippen molar-refractivity contribution in [1.29, 1.82) is 0 Å². The SMILES string of the molecule is C=CCOC(=O)c1sc(N2C(=O)C(=O)/C(=C(/O)c3ccncc3)C2c2ccc(O)cc2)nc1C. The summed E-state index contributed by atoms with van der Waals surface area (Å²) in [6.07, 6.45) is 4.33. The van der Waals surface area contributed by atoms with Crippen LogP contribution in [0.4, 0.5) is 5.13 Å². The number of aliphatic hydroxyl groups excluding tert-OH is 1. The van der Waals surface area contributed by atoms with Crippen LogP contribution in [0.1, 0.15) is 32.5 Å². The zero-order chi connectivity index (χ0) is 24.4. The summed E-state index contributed by atoms with van der Waals surface area (Å²) >= 11 is 0.902. The molecule has 0 saturated carbocycles. The van der Waals surface area contributed by atoms with Crippen molar-refractivity contribution >= 4 is 39.9 Å².